The summed E-state index contributed by atoms with van der Waals surface area (Å²) in [6.07, 6.45) is 0. The number of rotatable bonds is 2. The molecule has 0 bridgehead atoms. The molecule has 1 N–H and O–H groups in total. The van der Waals surface area contributed by atoms with Crippen molar-refractivity contribution in [3.8, 4) is 11.5 Å². The normalized spacial score (nSPS) is 10.8. The zero-order valence-corrected chi connectivity index (χ0v) is 12.8. The highest BCUT2D eigenvalue weighted by atomic mass is 16.5. The predicted molar refractivity (Wildman–Crippen MR) is 94.5 cm³/mol. The van der Waals surface area contributed by atoms with Gasteiger partial charge in [-0.15, -0.1) is 0 Å². The molecule has 0 atom stereocenters. The first-order valence-corrected chi connectivity index (χ1v) is 7.64. The number of fused-ring (bicyclic) bond motifs is 3. The zero-order valence-electron chi connectivity index (χ0n) is 12.8. The Balaban J connectivity index is 1.76. The molecule has 0 fully saturated rings. The summed E-state index contributed by atoms with van der Waals surface area (Å²) in [7, 11) is 0. The van der Waals surface area contributed by atoms with Crippen LogP contribution in [0.25, 0.3) is 21.5 Å². The van der Waals surface area contributed by atoms with E-state index < -0.39 is 5.97 Å². The van der Waals surface area contributed by atoms with Crippen LogP contribution in [0.1, 0.15) is 10.4 Å². The van der Waals surface area contributed by atoms with Gasteiger partial charge in [0.1, 0.15) is 17.1 Å². The minimum atomic E-state index is -0.576. The summed E-state index contributed by atoms with van der Waals surface area (Å²) >= 11 is 0. The van der Waals surface area contributed by atoms with Gasteiger partial charge in [0.25, 0.3) is 0 Å². The molecule has 3 nitrogen and oxygen atoms in total. The lowest BCUT2D eigenvalue weighted by atomic mass is 10.0. The van der Waals surface area contributed by atoms with Crippen molar-refractivity contribution in [1.82, 2.24) is 0 Å². The number of hydrogen-bond donors (Lipinski definition) is 1. The van der Waals surface area contributed by atoms with Gasteiger partial charge < -0.3 is 9.84 Å². The number of carbonyl (C=O) groups excluding carboxylic acids is 1. The van der Waals surface area contributed by atoms with Crippen LogP contribution in [-0.2, 0) is 0 Å². The number of phenols is 1. The molecule has 0 amide bonds. The van der Waals surface area contributed by atoms with E-state index in [0.717, 1.165) is 21.5 Å². The standard InChI is InChI=1S/C21H14O3/c22-20-8-4-3-7-18(20)21(23)24-16-12-11-15-10-9-14-5-1-2-6-17(14)19(15)13-16/h1-13,22H. The van der Waals surface area contributed by atoms with Crippen LogP contribution in [0, 0.1) is 0 Å². The summed E-state index contributed by atoms with van der Waals surface area (Å²) in [5.41, 5.74) is 0.149. The van der Waals surface area contributed by atoms with E-state index in [9.17, 15) is 9.90 Å². The van der Waals surface area contributed by atoms with Gasteiger partial charge in [-0.2, -0.15) is 0 Å². The third kappa shape index (κ3) is 2.46. The topological polar surface area (TPSA) is 46.5 Å². The molecule has 0 spiro atoms. The molecule has 0 heterocycles. The molecule has 0 aliphatic heterocycles. The summed E-state index contributed by atoms with van der Waals surface area (Å²) < 4.78 is 5.44. The third-order valence-electron chi connectivity index (χ3n) is 4.05. The summed E-state index contributed by atoms with van der Waals surface area (Å²) in [4.78, 5) is 12.3. The Morgan fingerprint density at radius 3 is 2.25 bits per heavy atom. The molecule has 0 aromatic heterocycles. The number of benzene rings is 4. The molecule has 24 heavy (non-hydrogen) atoms. The first-order valence-electron chi connectivity index (χ1n) is 7.64. The maximum atomic E-state index is 12.3. The first-order chi connectivity index (χ1) is 11.7. The molecule has 4 aromatic rings. The van der Waals surface area contributed by atoms with Crippen LogP contribution >= 0.6 is 0 Å². The van der Waals surface area contributed by atoms with Gasteiger partial charge in [-0.25, -0.2) is 4.79 Å². The van der Waals surface area contributed by atoms with Gasteiger partial charge in [0.2, 0.25) is 0 Å². The SMILES string of the molecule is O=C(Oc1ccc2ccc3ccccc3c2c1)c1ccccc1O. The van der Waals surface area contributed by atoms with Crippen molar-refractivity contribution in [1.29, 1.82) is 0 Å². The van der Waals surface area contributed by atoms with Crippen molar-refractivity contribution in [2.24, 2.45) is 0 Å². The van der Waals surface area contributed by atoms with Gasteiger partial charge >= 0.3 is 5.97 Å². The molecule has 3 heteroatoms. The van der Waals surface area contributed by atoms with Crippen LogP contribution in [0.5, 0.6) is 11.5 Å². The molecule has 0 saturated carbocycles. The molecule has 4 rings (SSSR count). The van der Waals surface area contributed by atoms with E-state index >= 15 is 0 Å². The van der Waals surface area contributed by atoms with Crippen LogP contribution in [0.3, 0.4) is 0 Å². The Kier molecular flexibility index (Phi) is 3.39. The Bertz CT molecular complexity index is 1070. The van der Waals surface area contributed by atoms with E-state index in [2.05, 4.69) is 12.1 Å². The fourth-order valence-electron chi connectivity index (χ4n) is 2.85. The number of para-hydroxylation sites is 1. The number of phenolic OH excluding ortho intramolecular Hbond substituents is 1. The summed E-state index contributed by atoms with van der Waals surface area (Å²) in [5.74, 6) is -0.214. The van der Waals surface area contributed by atoms with Gasteiger partial charge in [-0.05, 0) is 45.8 Å². The smallest absolute Gasteiger partial charge is 0.347 e. The highest BCUT2D eigenvalue weighted by Crippen LogP contribution is 2.29. The maximum absolute atomic E-state index is 12.3. The van der Waals surface area contributed by atoms with Crippen LogP contribution in [0.15, 0.2) is 78.9 Å². The fourth-order valence-corrected chi connectivity index (χ4v) is 2.85. The lowest BCUT2D eigenvalue weighted by Crippen LogP contribution is -2.08. The molecular formula is C21H14O3. The molecule has 0 unspecified atom stereocenters. The van der Waals surface area contributed by atoms with Crippen molar-refractivity contribution in [2.45, 2.75) is 0 Å². The van der Waals surface area contributed by atoms with E-state index in [1.54, 1.807) is 18.2 Å². The lowest BCUT2D eigenvalue weighted by Gasteiger charge is -2.08. The van der Waals surface area contributed by atoms with Crippen molar-refractivity contribution < 1.29 is 14.6 Å². The number of hydrogen-bond acceptors (Lipinski definition) is 3. The first kappa shape index (κ1) is 14.3. The number of ether oxygens (including phenoxy) is 1. The average Bonchev–Trinajstić information content (AvgIpc) is 2.62. The van der Waals surface area contributed by atoms with Gasteiger partial charge in [0.15, 0.2) is 0 Å². The van der Waals surface area contributed by atoms with Gasteiger partial charge in [-0.1, -0.05) is 54.6 Å². The van der Waals surface area contributed by atoms with Crippen molar-refractivity contribution in [3.63, 3.8) is 0 Å². The second-order valence-electron chi connectivity index (χ2n) is 5.58. The average molecular weight is 314 g/mol. The Hall–Kier alpha value is -3.33. The highest BCUT2D eigenvalue weighted by molar-refractivity contribution is 6.08. The molecule has 0 radical (unpaired) electrons. The van der Waals surface area contributed by atoms with Crippen LogP contribution in [0.2, 0.25) is 0 Å². The van der Waals surface area contributed by atoms with E-state index in [0.29, 0.717) is 5.75 Å². The van der Waals surface area contributed by atoms with Crippen LogP contribution in [-0.4, -0.2) is 11.1 Å². The molecule has 116 valence electrons. The zero-order chi connectivity index (χ0) is 16.5. The summed E-state index contributed by atoms with van der Waals surface area (Å²) in [6, 6.07) is 24.1. The Morgan fingerprint density at radius 1 is 0.750 bits per heavy atom. The van der Waals surface area contributed by atoms with E-state index in [-0.39, 0.29) is 11.3 Å². The molecule has 0 aliphatic carbocycles. The van der Waals surface area contributed by atoms with Crippen LogP contribution in [0.4, 0.5) is 0 Å². The Morgan fingerprint density at radius 2 is 1.42 bits per heavy atom. The van der Waals surface area contributed by atoms with E-state index in [1.807, 2.05) is 36.4 Å². The third-order valence-corrected chi connectivity index (χ3v) is 4.05. The number of esters is 1. The van der Waals surface area contributed by atoms with Crippen molar-refractivity contribution in [2.75, 3.05) is 0 Å². The van der Waals surface area contributed by atoms with E-state index in [1.165, 1.54) is 12.1 Å². The minimum Gasteiger partial charge on any atom is -0.507 e. The molecule has 0 saturated heterocycles. The van der Waals surface area contributed by atoms with Gasteiger partial charge in [0.05, 0.1) is 0 Å². The van der Waals surface area contributed by atoms with Crippen LogP contribution < -0.4 is 4.74 Å². The lowest BCUT2D eigenvalue weighted by molar-refractivity contribution is 0.0732. The second-order valence-corrected chi connectivity index (χ2v) is 5.58. The minimum absolute atomic E-state index is 0.0891. The van der Waals surface area contributed by atoms with Crippen molar-refractivity contribution in [3.05, 3.63) is 84.4 Å². The van der Waals surface area contributed by atoms with Gasteiger partial charge in [-0.3, -0.25) is 0 Å². The number of aromatic hydroxyl groups is 1. The monoisotopic (exact) mass is 314 g/mol. The quantitative estimate of drug-likeness (QED) is 0.324. The van der Waals surface area contributed by atoms with Crippen molar-refractivity contribution >= 4 is 27.5 Å². The van der Waals surface area contributed by atoms with E-state index in [4.69, 9.17) is 4.74 Å². The highest BCUT2D eigenvalue weighted by Gasteiger charge is 2.13. The molecular weight excluding hydrogens is 300 g/mol. The molecule has 0 aliphatic rings. The van der Waals surface area contributed by atoms with Gasteiger partial charge in [0, 0.05) is 0 Å². The maximum Gasteiger partial charge on any atom is 0.347 e. The second kappa shape index (κ2) is 5.70. The number of carbonyl (C=O) groups is 1. The fraction of sp³-hybridized carbons (Fsp3) is 0. The molecule has 4 aromatic carbocycles. The summed E-state index contributed by atoms with van der Waals surface area (Å²) in [5, 5.41) is 14.1. The largest absolute Gasteiger partial charge is 0.507 e. The predicted octanol–water partition coefficient (Wildman–Crippen LogP) is 4.92. The Labute approximate surface area is 138 Å². The summed E-state index contributed by atoms with van der Waals surface area (Å²) in [6.45, 7) is 0.